The molecule has 0 fully saturated rings. The summed E-state index contributed by atoms with van der Waals surface area (Å²) in [7, 11) is 0. The molecule has 362 valence electrons. The number of Topliss-reactive ketones (excluding diaryl/α,β-unsaturated/α-hetero) is 3. The maximum Gasteiger partial charge on any atom is 0.174 e. The van der Waals surface area contributed by atoms with Gasteiger partial charge in [-0.05, 0) is 65.9 Å². The molecule has 0 radical (unpaired) electrons. The zero-order valence-corrected chi connectivity index (χ0v) is 37.0. The van der Waals surface area contributed by atoms with E-state index >= 15 is 0 Å². The second-order valence-corrected chi connectivity index (χ2v) is 16.1. The number of hydrogen-bond acceptors (Lipinski definition) is 15. The third-order valence-corrected chi connectivity index (χ3v) is 11.3. The molecule has 3 aliphatic rings. The third-order valence-electron chi connectivity index (χ3n) is 11.3. The number of rotatable bonds is 10. The lowest BCUT2D eigenvalue weighted by Gasteiger charge is -2.28. The first-order valence-corrected chi connectivity index (χ1v) is 21.5. The van der Waals surface area contributed by atoms with Gasteiger partial charge in [0.15, 0.2) is 17.3 Å². The van der Waals surface area contributed by atoms with Crippen LogP contribution in [-0.2, 0) is 12.8 Å². The van der Waals surface area contributed by atoms with Crippen LogP contribution in [0.15, 0.2) is 135 Å². The average Bonchev–Trinajstić information content (AvgIpc) is 3.31. The number of fused-ring (bicyclic) bond motifs is 3. The van der Waals surface area contributed by atoms with Crippen molar-refractivity contribution in [1.82, 2.24) is 0 Å². The first kappa shape index (κ1) is 50.6. The van der Waals surface area contributed by atoms with E-state index in [0.717, 1.165) is 22.8 Å². The van der Waals surface area contributed by atoms with E-state index in [0.29, 0.717) is 23.5 Å². The Hall–Kier alpha value is -8.85. The Bertz CT molecular complexity index is 2930. The highest BCUT2D eigenvalue weighted by Gasteiger charge is 2.35. The standard InChI is InChI=1S/3C18H16O5.CH4/c1-2-7-22-13-8-14(20)18-15(21)10-16(23-17(18)9-13)11-3-5-12(19)6-4-11;1-2-3-12-13(20)8-16-17(18(12)22)14(21)9-15(23-16)10-4-6-11(19)7-5-10;1-2-3-12-13(20)8-14(21)17-15(22)9-16(23-18(12)17)10-4-6-11(19)7-5-10;/h2-6,8-9,16,19-20H,1,7,10H2;2,4-8,15,19-20,22H,1,3,9H2;2,4-8,16,19-21H,1,3,9H2;1H4. The van der Waals surface area contributed by atoms with Crippen LogP contribution in [0, 0.1) is 0 Å². The normalized spacial score (nSPS) is 16.2. The van der Waals surface area contributed by atoms with E-state index in [1.54, 1.807) is 66.7 Å². The van der Waals surface area contributed by atoms with Crippen LogP contribution in [0.2, 0.25) is 0 Å². The molecular weight excluding hydrogens is 901 g/mol. The predicted molar refractivity (Wildman–Crippen MR) is 259 cm³/mol. The van der Waals surface area contributed by atoms with Crippen LogP contribution < -0.4 is 18.9 Å². The maximum absolute atomic E-state index is 12.4. The van der Waals surface area contributed by atoms with Crippen molar-refractivity contribution < 1.29 is 74.2 Å². The Morgan fingerprint density at radius 1 is 0.486 bits per heavy atom. The van der Waals surface area contributed by atoms with E-state index in [9.17, 15) is 55.2 Å². The van der Waals surface area contributed by atoms with Crippen molar-refractivity contribution >= 4 is 17.3 Å². The van der Waals surface area contributed by atoms with Crippen molar-refractivity contribution in [3.8, 4) is 69.0 Å². The molecule has 70 heavy (non-hydrogen) atoms. The van der Waals surface area contributed by atoms with Crippen molar-refractivity contribution in [3.05, 3.63) is 180 Å². The van der Waals surface area contributed by atoms with Crippen molar-refractivity contribution in [2.24, 2.45) is 0 Å². The molecule has 3 unspecified atom stereocenters. The zero-order valence-electron chi connectivity index (χ0n) is 37.0. The number of ketones is 3. The van der Waals surface area contributed by atoms with Gasteiger partial charge in [-0.25, -0.2) is 0 Å². The van der Waals surface area contributed by atoms with Gasteiger partial charge in [-0.2, -0.15) is 0 Å². The van der Waals surface area contributed by atoms with E-state index in [1.165, 1.54) is 42.5 Å². The summed E-state index contributed by atoms with van der Waals surface area (Å²) in [6.07, 6.45) is 4.00. The van der Waals surface area contributed by atoms with Crippen LogP contribution in [-0.4, -0.2) is 64.8 Å². The summed E-state index contributed by atoms with van der Waals surface area (Å²) in [5.41, 5.74) is 3.28. The molecule has 0 bridgehead atoms. The molecule has 15 heteroatoms. The molecule has 8 N–H and O–H groups in total. The highest BCUT2D eigenvalue weighted by Crippen LogP contribution is 2.47. The SMILES string of the molecule is C.C=CCOc1cc(O)c2c(c1)OC(c1ccc(O)cc1)CC2=O.C=CCc1c(O)cc(O)c2c1OC(c1ccc(O)cc1)CC2=O.C=CCc1c(O)cc2c(c1O)C(=O)CC(c1ccc(O)cc1)O2. The molecule has 0 saturated carbocycles. The minimum absolute atomic E-state index is 0. The van der Waals surface area contributed by atoms with E-state index < -0.39 is 18.3 Å². The fourth-order valence-electron chi connectivity index (χ4n) is 7.99. The smallest absolute Gasteiger partial charge is 0.174 e. The first-order chi connectivity index (χ1) is 33.1. The molecule has 0 saturated heterocycles. The monoisotopic (exact) mass is 952 g/mol. The zero-order chi connectivity index (χ0) is 49.5. The molecule has 15 nitrogen and oxygen atoms in total. The summed E-state index contributed by atoms with van der Waals surface area (Å²) in [4.78, 5) is 37.2. The minimum atomic E-state index is -0.541. The second-order valence-electron chi connectivity index (χ2n) is 16.1. The highest BCUT2D eigenvalue weighted by atomic mass is 16.5. The Kier molecular flexibility index (Phi) is 15.8. The van der Waals surface area contributed by atoms with Crippen LogP contribution >= 0.6 is 0 Å². The van der Waals surface area contributed by atoms with Crippen LogP contribution in [0.1, 0.15) is 104 Å². The van der Waals surface area contributed by atoms with Crippen LogP contribution in [0.25, 0.3) is 0 Å². The van der Waals surface area contributed by atoms with Crippen LogP contribution in [0.3, 0.4) is 0 Å². The fourth-order valence-corrected chi connectivity index (χ4v) is 7.99. The van der Waals surface area contributed by atoms with Crippen molar-refractivity contribution in [2.45, 2.75) is 57.8 Å². The quantitative estimate of drug-likeness (QED) is 0.0595. The summed E-state index contributed by atoms with van der Waals surface area (Å²) in [5.74, 6) is -0.257. The number of carbonyl (C=O) groups excluding carboxylic acids is 3. The first-order valence-electron chi connectivity index (χ1n) is 21.5. The largest absolute Gasteiger partial charge is 0.508 e. The Balaban J connectivity index is 0.000000171. The van der Waals surface area contributed by atoms with Gasteiger partial charge in [0.2, 0.25) is 0 Å². The van der Waals surface area contributed by atoms with Gasteiger partial charge in [-0.3, -0.25) is 14.4 Å². The van der Waals surface area contributed by atoms with Crippen molar-refractivity contribution in [1.29, 1.82) is 0 Å². The molecule has 9 rings (SSSR count). The molecule has 0 aliphatic carbocycles. The van der Waals surface area contributed by atoms with Crippen LogP contribution in [0.4, 0.5) is 0 Å². The number of phenolic OH excluding ortho intramolecular Hbond substituents is 8. The van der Waals surface area contributed by atoms with E-state index in [1.807, 2.05) is 0 Å². The van der Waals surface area contributed by atoms with Gasteiger partial charge in [-0.1, -0.05) is 68.6 Å². The molecule has 3 aliphatic heterocycles. The van der Waals surface area contributed by atoms with Gasteiger partial charge in [0.25, 0.3) is 0 Å². The summed E-state index contributed by atoms with van der Waals surface area (Å²) in [6, 6.07) is 24.7. The van der Waals surface area contributed by atoms with Gasteiger partial charge in [0.1, 0.15) is 111 Å². The summed E-state index contributed by atoms with van der Waals surface area (Å²) >= 11 is 0. The Morgan fingerprint density at radius 2 is 0.900 bits per heavy atom. The number of aromatic hydroxyl groups is 8. The fraction of sp³-hybridized carbons (Fsp3) is 0.182. The molecule has 6 aromatic carbocycles. The van der Waals surface area contributed by atoms with Gasteiger partial charge < -0.3 is 59.8 Å². The lowest BCUT2D eigenvalue weighted by atomic mass is 9.92. The number of carbonyl (C=O) groups is 3. The molecule has 0 amide bonds. The average molecular weight is 953 g/mol. The number of hydrogen-bond donors (Lipinski definition) is 8. The van der Waals surface area contributed by atoms with Gasteiger partial charge >= 0.3 is 0 Å². The molecule has 3 atom stereocenters. The molecule has 0 aromatic heterocycles. The molecule has 3 heterocycles. The molecule has 6 aromatic rings. The minimum Gasteiger partial charge on any atom is -0.508 e. The predicted octanol–water partition coefficient (Wildman–Crippen LogP) is 10.5. The Morgan fingerprint density at radius 3 is 1.39 bits per heavy atom. The maximum atomic E-state index is 12.4. The number of allylic oxidation sites excluding steroid dienone is 2. The number of ether oxygens (including phenoxy) is 4. The summed E-state index contributed by atoms with van der Waals surface area (Å²) < 4.78 is 22.9. The van der Waals surface area contributed by atoms with Gasteiger partial charge in [0, 0.05) is 35.4 Å². The summed E-state index contributed by atoms with van der Waals surface area (Å²) in [5, 5.41) is 78.4. The van der Waals surface area contributed by atoms with Gasteiger partial charge in [0.05, 0.1) is 19.3 Å². The lowest BCUT2D eigenvalue weighted by Crippen LogP contribution is -2.21. The van der Waals surface area contributed by atoms with E-state index in [2.05, 4.69) is 19.7 Å². The van der Waals surface area contributed by atoms with Crippen molar-refractivity contribution in [3.63, 3.8) is 0 Å². The van der Waals surface area contributed by atoms with E-state index in [4.69, 9.17) is 18.9 Å². The van der Waals surface area contributed by atoms with Crippen molar-refractivity contribution in [2.75, 3.05) is 6.61 Å². The topological polar surface area (TPSA) is 250 Å². The Labute approximate surface area is 403 Å². The van der Waals surface area contributed by atoms with Crippen LogP contribution in [0.5, 0.6) is 69.0 Å². The third kappa shape index (κ3) is 11.0. The highest BCUT2D eigenvalue weighted by molar-refractivity contribution is 6.04. The lowest BCUT2D eigenvalue weighted by molar-refractivity contribution is 0.0833. The summed E-state index contributed by atoms with van der Waals surface area (Å²) in [6.45, 7) is 11.1. The van der Waals surface area contributed by atoms with E-state index in [-0.39, 0.29) is 137 Å². The molecule has 0 spiro atoms. The molecular formula is C55H52O15. The van der Waals surface area contributed by atoms with Gasteiger partial charge in [-0.15, -0.1) is 13.2 Å². The number of phenols is 8. The number of benzene rings is 6. The second kappa shape index (κ2) is 21.8.